The zero-order valence-electron chi connectivity index (χ0n) is 13.2. The lowest BCUT2D eigenvalue weighted by Gasteiger charge is -2.68. The molecule has 22 heavy (non-hydrogen) atoms. The number of carboxylic acid groups (broad SMARTS) is 1. The Balaban J connectivity index is 1.19. The first-order valence-corrected chi connectivity index (χ1v) is 8.55. The van der Waals surface area contributed by atoms with E-state index < -0.39 is 5.97 Å². The van der Waals surface area contributed by atoms with Crippen LogP contribution in [0.3, 0.4) is 0 Å². The van der Waals surface area contributed by atoms with Gasteiger partial charge in [-0.25, -0.2) is 0 Å². The molecule has 4 heteroatoms. The van der Waals surface area contributed by atoms with Crippen LogP contribution in [0.1, 0.15) is 57.0 Å². The third-order valence-corrected chi connectivity index (χ3v) is 6.20. The van der Waals surface area contributed by atoms with Gasteiger partial charge in [-0.15, -0.1) is 0 Å². The lowest BCUT2D eigenvalue weighted by Crippen LogP contribution is -2.62. The molecule has 0 aliphatic heterocycles. The number of furan rings is 1. The van der Waals surface area contributed by atoms with Crippen LogP contribution in [0, 0.1) is 16.7 Å². The number of aryl methyl sites for hydroxylation is 1. The monoisotopic (exact) mass is 303 g/mol. The molecule has 0 unspecified atom stereocenters. The third kappa shape index (κ3) is 2.28. The molecule has 1 aromatic rings. The lowest BCUT2D eigenvalue weighted by atomic mass is 9.37. The first-order valence-electron chi connectivity index (χ1n) is 8.55. The van der Waals surface area contributed by atoms with Crippen LogP contribution in [-0.4, -0.2) is 17.1 Å². The Morgan fingerprint density at radius 2 is 1.86 bits per heavy atom. The normalized spacial score (nSPS) is 39.3. The maximum absolute atomic E-state index is 10.9. The summed E-state index contributed by atoms with van der Waals surface area (Å²) < 4.78 is 5.72. The summed E-state index contributed by atoms with van der Waals surface area (Å²) in [5, 5.41) is 12.6. The van der Waals surface area contributed by atoms with Gasteiger partial charge in [0.15, 0.2) is 0 Å². The van der Waals surface area contributed by atoms with Gasteiger partial charge in [-0.05, 0) is 61.5 Å². The first kappa shape index (κ1) is 14.3. The van der Waals surface area contributed by atoms with E-state index in [0.717, 1.165) is 37.3 Å². The molecule has 3 aliphatic rings. The van der Waals surface area contributed by atoms with Crippen LogP contribution in [0.5, 0.6) is 0 Å². The maximum Gasteiger partial charge on any atom is 0.306 e. The van der Waals surface area contributed by atoms with E-state index in [-0.39, 0.29) is 5.92 Å². The van der Waals surface area contributed by atoms with E-state index in [2.05, 4.69) is 24.4 Å². The summed E-state index contributed by atoms with van der Waals surface area (Å²) in [6.07, 6.45) is 7.85. The number of carbonyl (C=O) groups is 1. The van der Waals surface area contributed by atoms with E-state index in [1.165, 1.54) is 25.7 Å². The van der Waals surface area contributed by atoms with Gasteiger partial charge in [0, 0.05) is 12.5 Å². The van der Waals surface area contributed by atoms with Gasteiger partial charge >= 0.3 is 5.97 Å². The van der Waals surface area contributed by atoms with Crippen molar-refractivity contribution >= 4 is 5.97 Å². The Bertz CT molecular complexity index is 569. The molecule has 0 bridgehead atoms. The summed E-state index contributed by atoms with van der Waals surface area (Å²) in [5.74, 6) is 1.44. The second-order valence-corrected chi connectivity index (χ2v) is 8.00. The SMILES string of the molecule is CCc1ccc(CNC2CC3(C2)CC2(CC(C(=O)O)C2)C3)o1. The molecule has 120 valence electrons. The van der Waals surface area contributed by atoms with Crippen molar-refractivity contribution in [3.63, 3.8) is 0 Å². The van der Waals surface area contributed by atoms with E-state index >= 15 is 0 Å². The van der Waals surface area contributed by atoms with Gasteiger partial charge < -0.3 is 14.8 Å². The predicted octanol–water partition coefficient (Wildman–Crippen LogP) is 3.36. The van der Waals surface area contributed by atoms with Crippen molar-refractivity contribution in [2.75, 3.05) is 0 Å². The minimum atomic E-state index is -0.593. The van der Waals surface area contributed by atoms with E-state index in [0.29, 0.717) is 16.9 Å². The predicted molar refractivity (Wildman–Crippen MR) is 82.4 cm³/mol. The summed E-state index contributed by atoms with van der Waals surface area (Å²) in [6, 6.07) is 4.74. The van der Waals surface area contributed by atoms with Gasteiger partial charge in [0.25, 0.3) is 0 Å². The molecular weight excluding hydrogens is 278 g/mol. The van der Waals surface area contributed by atoms with E-state index in [1.54, 1.807) is 0 Å². The zero-order chi connectivity index (χ0) is 15.4. The Labute approximate surface area is 131 Å². The van der Waals surface area contributed by atoms with Crippen LogP contribution in [-0.2, 0) is 17.8 Å². The van der Waals surface area contributed by atoms with Crippen LogP contribution in [0.15, 0.2) is 16.5 Å². The van der Waals surface area contributed by atoms with Gasteiger partial charge in [-0.1, -0.05) is 6.92 Å². The molecule has 3 fully saturated rings. The molecule has 4 rings (SSSR count). The number of nitrogens with one attached hydrogen (secondary N) is 1. The molecule has 0 atom stereocenters. The highest BCUT2D eigenvalue weighted by Gasteiger charge is 2.64. The topological polar surface area (TPSA) is 62.5 Å². The van der Waals surface area contributed by atoms with Crippen molar-refractivity contribution in [2.45, 2.75) is 64.5 Å². The standard InChI is InChI=1S/C18H25NO3/c1-2-14-3-4-15(22-14)9-19-13-7-18(8-13)10-17(11-18)5-12(6-17)16(20)21/h3-4,12-13,19H,2,5-11H2,1H3,(H,20,21). The molecule has 4 nitrogen and oxygen atoms in total. The number of hydrogen-bond donors (Lipinski definition) is 2. The van der Waals surface area contributed by atoms with Crippen LogP contribution in [0.2, 0.25) is 0 Å². The van der Waals surface area contributed by atoms with Crippen molar-refractivity contribution in [3.05, 3.63) is 23.7 Å². The molecule has 0 aromatic carbocycles. The van der Waals surface area contributed by atoms with Crippen LogP contribution >= 0.6 is 0 Å². The fourth-order valence-electron chi connectivity index (χ4n) is 5.36. The molecular formula is C18H25NO3. The van der Waals surface area contributed by atoms with E-state index in [4.69, 9.17) is 9.52 Å². The summed E-state index contributed by atoms with van der Waals surface area (Å²) in [4.78, 5) is 10.9. The smallest absolute Gasteiger partial charge is 0.306 e. The maximum atomic E-state index is 10.9. The zero-order valence-corrected chi connectivity index (χ0v) is 13.2. The summed E-state index contributed by atoms with van der Waals surface area (Å²) in [6.45, 7) is 2.93. The van der Waals surface area contributed by atoms with Crippen molar-refractivity contribution in [2.24, 2.45) is 16.7 Å². The number of hydrogen-bond acceptors (Lipinski definition) is 3. The third-order valence-electron chi connectivity index (χ3n) is 6.20. The minimum absolute atomic E-state index is 0.0573. The van der Waals surface area contributed by atoms with Crippen molar-refractivity contribution in [3.8, 4) is 0 Å². The molecule has 3 aliphatic carbocycles. The quantitative estimate of drug-likeness (QED) is 0.875. The highest BCUT2D eigenvalue weighted by Crippen LogP contribution is 2.72. The fourth-order valence-corrected chi connectivity index (χ4v) is 5.36. The van der Waals surface area contributed by atoms with Crippen molar-refractivity contribution < 1.29 is 14.3 Å². The minimum Gasteiger partial charge on any atom is -0.481 e. The molecule has 1 aromatic heterocycles. The Kier molecular flexibility index (Phi) is 3.16. The number of aliphatic carboxylic acids is 1. The molecule has 0 saturated heterocycles. The molecule has 1 heterocycles. The van der Waals surface area contributed by atoms with Crippen LogP contribution < -0.4 is 5.32 Å². The highest BCUT2D eigenvalue weighted by molar-refractivity contribution is 5.71. The molecule has 0 amide bonds. The molecule has 2 spiro atoms. The Morgan fingerprint density at radius 1 is 1.23 bits per heavy atom. The molecule has 2 N–H and O–H groups in total. The largest absolute Gasteiger partial charge is 0.481 e. The number of carboxylic acids is 1. The molecule has 0 radical (unpaired) electrons. The van der Waals surface area contributed by atoms with Crippen LogP contribution in [0.25, 0.3) is 0 Å². The summed E-state index contributed by atoms with van der Waals surface area (Å²) in [5.41, 5.74) is 0.948. The summed E-state index contributed by atoms with van der Waals surface area (Å²) in [7, 11) is 0. The van der Waals surface area contributed by atoms with Gasteiger partial charge in [0.1, 0.15) is 11.5 Å². The summed E-state index contributed by atoms with van der Waals surface area (Å²) >= 11 is 0. The van der Waals surface area contributed by atoms with E-state index in [1.807, 2.05) is 0 Å². The lowest BCUT2D eigenvalue weighted by molar-refractivity contribution is -0.187. The average Bonchev–Trinajstić information content (AvgIpc) is 2.80. The average molecular weight is 303 g/mol. The highest BCUT2D eigenvalue weighted by atomic mass is 16.4. The van der Waals surface area contributed by atoms with E-state index in [9.17, 15) is 4.79 Å². The van der Waals surface area contributed by atoms with Crippen molar-refractivity contribution in [1.82, 2.24) is 5.32 Å². The second kappa shape index (κ2) is 4.85. The fraction of sp³-hybridized carbons (Fsp3) is 0.722. The second-order valence-electron chi connectivity index (χ2n) is 8.00. The van der Waals surface area contributed by atoms with Crippen molar-refractivity contribution in [1.29, 1.82) is 0 Å². The van der Waals surface area contributed by atoms with Gasteiger partial charge in [-0.3, -0.25) is 4.79 Å². The van der Waals surface area contributed by atoms with Gasteiger partial charge in [0.2, 0.25) is 0 Å². The molecule has 3 saturated carbocycles. The first-order chi connectivity index (χ1) is 10.5. The number of rotatable bonds is 5. The van der Waals surface area contributed by atoms with Crippen LogP contribution in [0.4, 0.5) is 0 Å². The van der Waals surface area contributed by atoms with Gasteiger partial charge in [-0.2, -0.15) is 0 Å². The Morgan fingerprint density at radius 3 is 2.45 bits per heavy atom. The van der Waals surface area contributed by atoms with Gasteiger partial charge in [0.05, 0.1) is 12.5 Å². The Hall–Kier alpha value is -1.29.